The van der Waals surface area contributed by atoms with Crippen LogP contribution < -0.4 is 20.5 Å². The average molecular weight is 335 g/mol. The summed E-state index contributed by atoms with van der Waals surface area (Å²) < 4.78 is 10.4. The summed E-state index contributed by atoms with van der Waals surface area (Å²) in [6.07, 6.45) is 0. The third kappa shape index (κ3) is 4.62. The molecule has 0 aromatic heterocycles. The number of carbonyl (C=O) groups excluding carboxylic acids is 2. The van der Waals surface area contributed by atoms with Crippen LogP contribution in [0.2, 0.25) is 5.02 Å². The number of hydrogen-bond acceptors (Lipinski definition) is 4. The standard InChI is InChI=1S/C16H15ClN2O4/c1-22-12-4-2-3-11(8-12)19-15(20)9-23-14-7-10(17)5-6-13(14)16(18)21/h2-8H,9H2,1H3,(H2,18,21)(H,19,20). The number of hydrogen-bond donors (Lipinski definition) is 2. The lowest BCUT2D eigenvalue weighted by atomic mass is 10.2. The molecule has 2 aromatic carbocycles. The molecule has 0 heterocycles. The minimum Gasteiger partial charge on any atom is -0.497 e. The molecule has 2 amide bonds. The number of amides is 2. The van der Waals surface area contributed by atoms with Gasteiger partial charge in [0.1, 0.15) is 11.5 Å². The Labute approximate surface area is 138 Å². The van der Waals surface area contributed by atoms with Gasteiger partial charge in [0, 0.05) is 16.8 Å². The maximum atomic E-state index is 11.9. The molecule has 0 unspecified atom stereocenters. The van der Waals surface area contributed by atoms with Gasteiger partial charge in [-0.2, -0.15) is 0 Å². The van der Waals surface area contributed by atoms with Crippen LogP contribution in [0.25, 0.3) is 0 Å². The highest BCUT2D eigenvalue weighted by molar-refractivity contribution is 6.30. The molecule has 23 heavy (non-hydrogen) atoms. The molecule has 0 atom stereocenters. The van der Waals surface area contributed by atoms with Gasteiger partial charge < -0.3 is 20.5 Å². The van der Waals surface area contributed by atoms with Crippen LogP contribution in [0.1, 0.15) is 10.4 Å². The minimum atomic E-state index is -0.662. The number of benzene rings is 2. The van der Waals surface area contributed by atoms with E-state index in [0.29, 0.717) is 16.5 Å². The number of primary amides is 1. The molecule has 0 bridgehead atoms. The Bertz CT molecular complexity index is 734. The lowest BCUT2D eigenvalue weighted by Crippen LogP contribution is -2.21. The fraction of sp³-hybridized carbons (Fsp3) is 0.125. The molecule has 120 valence electrons. The van der Waals surface area contributed by atoms with Crippen molar-refractivity contribution in [3.8, 4) is 11.5 Å². The van der Waals surface area contributed by atoms with Crippen LogP contribution >= 0.6 is 11.6 Å². The van der Waals surface area contributed by atoms with Gasteiger partial charge in [-0.3, -0.25) is 9.59 Å². The van der Waals surface area contributed by atoms with Crippen molar-refractivity contribution < 1.29 is 19.1 Å². The summed E-state index contributed by atoms with van der Waals surface area (Å²) in [5.74, 6) is -0.279. The number of anilines is 1. The molecule has 0 aliphatic rings. The van der Waals surface area contributed by atoms with Crippen LogP contribution in [0.15, 0.2) is 42.5 Å². The monoisotopic (exact) mass is 334 g/mol. The first-order valence-corrected chi connectivity index (χ1v) is 7.03. The zero-order valence-electron chi connectivity index (χ0n) is 12.3. The topological polar surface area (TPSA) is 90.7 Å². The van der Waals surface area contributed by atoms with E-state index in [2.05, 4.69) is 5.32 Å². The van der Waals surface area contributed by atoms with Crippen LogP contribution in [-0.2, 0) is 4.79 Å². The van der Waals surface area contributed by atoms with Crippen LogP contribution in [0.4, 0.5) is 5.69 Å². The molecule has 0 spiro atoms. The number of nitrogens with one attached hydrogen (secondary N) is 1. The number of nitrogens with two attached hydrogens (primary N) is 1. The molecular weight excluding hydrogens is 320 g/mol. The first-order valence-electron chi connectivity index (χ1n) is 6.65. The second kappa shape index (κ2) is 7.51. The van der Waals surface area contributed by atoms with Crippen molar-refractivity contribution in [1.82, 2.24) is 0 Å². The van der Waals surface area contributed by atoms with Crippen molar-refractivity contribution >= 4 is 29.1 Å². The predicted molar refractivity (Wildman–Crippen MR) is 87.1 cm³/mol. The number of methoxy groups -OCH3 is 1. The highest BCUT2D eigenvalue weighted by Gasteiger charge is 2.12. The molecule has 0 aliphatic heterocycles. The zero-order chi connectivity index (χ0) is 16.8. The van der Waals surface area contributed by atoms with Crippen LogP contribution in [0, 0.1) is 0 Å². The Balaban J connectivity index is 2.02. The molecule has 2 rings (SSSR count). The number of ether oxygens (including phenoxy) is 2. The van der Waals surface area contributed by atoms with E-state index >= 15 is 0 Å². The first kappa shape index (κ1) is 16.6. The van der Waals surface area contributed by atoms with E-state index in [1.54, 1.807) is 24.3 Å². The highest BCUT2D eigenvalue weighted by Crippen LogP contribution is 2.23. The van der Waals surface area contributed by atoms with E-state index in [1.807, 2.05) is 0 Å². The highest BCUT2D eigenvalue weighted by atomic mass is 35.5. The summed E-state index contributed by atoms with van der Waals surface area (Å²) in [7, 11) is 1.54. The van der Waals surface area contributed by atoms with Crippen LogP contribution in [0.3, 0.4) is 0 Å². The fourth-order valence-corrected chi connectivity index (χ4v) is 2.02. The van der Waals surface area contributed by atoms with Gasteiger partial charge in [-0.25, -0.2) is 0 Å². The van der Waals surface area contributed by atoms with Crippen molar-refractivity contribution in [1.29, 1.82) is 0 Å². The number of carbonyl (C=O) groups is 2. The first-order chi connectivity index (χ1) is 11.0. The normalized spacial score (nSPS) is 10.0. The van der Waals surface area contributed by atoms with E-state index in [9.17, 15) is 9.59 Å². The maximum absolute atomic E-state index is 11.9. The van der Waals surface area contributed by atoms with E-state index in [-0.39, 0.29) is 17.9 Å². The van der Waals surface area contributed by atoms with Gasteiger partial charge in [-0.05, 0) is 30.3 Å². The Morgan fingerprint density at radius 1 is 1.22 bits per heavy atom. The summed E-state index contributed by atoms with van der Waals surface area (Å²) in [6, 6.07) is 11.3. The van der Waals surface area contributed by atoms with Crippen molar-refractivity contribution in [3.63, 3.8) is 0 Å². The van der Waals surface area contributed by atoms with E-state index < -0.39 is 11.8 Å². The second-order valence-corrected chi connectivity index (χ2v) is 5.01. The molecular formula is C16H15ClN2O4. The molecule has 3 N–H and O–H groups in total. The van der Waals surface area contributed by atoms with Crippen molar-refractivity contribution in [3.05, 3.63) is 53.1 Å². The maximum Gasteiger partial charge on any atom is 0.262 e. The van der Waals surface area contributed by atoms with Crippen LogP contribution in [0.5, 0.6) is 11.5 Å². The van der Waals surface area contributed by atoms with Crippen molar-refractivity contribution in [2.75, 3.05) is 19.0 Å². The largest absolute Gasteiger partial charge is 0.497 e. The molecule has 6 nitrogen and oxygen atoms in total. The second-order valence-electron chi connectivity index (χ2n) is 4.57. The molecule has 0 radical (unpaired) electrons. The molecule has 0 aliphatic carbocycles. The summed E-state index contributed by atoms with van der Waals surface area (Å²) >= 11 is 5.85. The van der Waals surface area contributed by atoms with Gasteiger partial charge in [-0.15, -0.1) is 0 Å². The van der Waals surface area contributed by atoms with Crippen molar-refractivity contribution in [2.24, 2.45) is 5.73 Å². The van der Waals surface area contributed by atoms with Crippen molar-refractivity contribution in [2.45, 2.75) is 0 Å². The predicted octanol–water partition coefficient (Wildman–Crippen LogP) is 2.46. The van der Waals surface area contributed by atoms with E-state index in [4.69, 9.17) is 26.8 Å². The summed E-state index contributed by atoms with van der Waals surface area (Å²) in [4.78, 5) is 23.2. The van der Waals surface area contributed by atoms with Gasteiger partial charge in [-0.1, -0.05) is 17.7 Å². The summed E-state index contributed by atoms with van der Waals surface area (Å²) in [6.45, 7) is -0.294. The smallest absolute Gasteiger partial charge is 0.262 e. The number of halogens is 1. The van der Waals surface area contributed by atoms with E-state index in [0.717, 1.165) is 0 Å². The van der Waals surface area contributed by atoms with Gasteiger partial charge in [0.05, 0.1) is 12.7 Å². The Morgan fingerprint density at radius 2 is 2.00 bits per heavy atom. The Hall–Kier alpha value is -2.73. The Kier molecular flexibility index (Phi) is 5.43. The number of rotatable bonds is 6. The molecule has 2 aromatic rings. The van der Waals surface area contributed by atoms with Gasteiger partial charge in [0.25, 0.3) is 11.8 Å². The molecule has 7 heteroatoms. The Morgan fingerprint density at radius 3 is 2.70 bits per heavy atom. The molecule has 0 saturated heterocycles. The zero-order valence-corrected chi connectivity index (χ0v) is 13.1. The van der Waals surface area contributed by atoms with E-state index in [1.165, 1.54) is 25.3 Å². The van der Waals surface area contributed by atoms with Gasteiger partial charge in [0.2, 0.25) is 0 Å². The van der Waals surface area contributed by atoms with Gasteiger partial charge >= 0.3 is 0 Å². The average Bonchev–Trinajstić information content (AvgIpc) is 2.53. The molecule has 0 fully saturated rings. The third-order valence-electron chi connectivity index (χ3n) is 2.92. The lowest BCUT2D eigenvalue weighted by Gasteiger charge is -2.11. The van der Waals surface area contributed by atoms with Gasteiger partial charge in [0.15, 0.2) is 6.61 Å². The molecule has 0 saturated carbocycles. The quantitative estimate of drug-likeness (QED) is 0.849. The summed E-state index contributed by atoms with van der Waals surface area (Å²) in [5.41, 5.74) is 5.97. The lowest BCUT2D eigenvalue weighted by molar-refractivity contribution is -0.118. The third-order valence-corrected chi connectivity index (χ3v) is 3.16. The fourth-order valence-electron chi connectivity index (χ4n) is 1.86. The van der Waals surface area contributed by atoms with Crippen LogP contribution in [-0.4, -0.2) is 25.5 Å². The minimum absolute atomic E-state index is 0.156. The summed E-state index contributed by atoms with van der Waals surface area (Å²) in [5, 5.41) is 3.03. The SMILES string of the molecule is COc1cccc(NC(=O)COc2cc(Cl)ccc2C(N)=O)c1.